The molecule has 1 saturated heterocycles. The topological polar surface area (TPSA) is 21.1 Å². The molecule has 1 aromatic heterocycles. The van der Waals surface area contributed by atoms with E-state index in [4.69, 9.17) is 16.6 Å². The van der Waals surface area contributed by atoms with Crippen LogP contribution in [0.3, 0.4) is 0 Å². The minimum Gasteiger partial charge on any atom is -0.325 e. The summed E-state index contributed by atoms with van der Waals surface area (Å²) >= 11 is 5.98. The number of aryl methyl sites for hydroxylation is 2. The van der Waals surface area contributed by atoms with Crippen molar-refractivity contribution < 1.29 is 0 Å². The number of piperidine rings is 1. The van der Waals surface area contributed by atoms with Gasteiger partial charge in [-0.3, -0.25) is 0 Å². The third-order valence-electron chi connectivity index (χ3n) is 4.36. The highest BCUT2D eigenvalue weighted by Crippen LogP contribution is 2.30. The maximum atomic E-state index is 5.98. The summed E-state index contributed by atoms with van der Waals surface area (Å²) in [5.41, 5.74) is 3.74. The summed E-state index contributed by atoms with van der Waals surface area (Å²) in [7, 11) is 2.20. The highest BCUT2D eigenvalue weighted by Gasteiger charge is 2.23. The molecule has 20 heavy (non-hydrogen) atoms. The molecule has 0 unspecified atom stereocenters. The number of likely N-dealkylation sites (tertiary alicyclic amines) is 1. The summed E-state index contributed by atoms with van der Waals surface area (Å²) in [6.45, 7) is 4.51. The van der Waals surface area contributed by atoms with Gasteiger partial charge in [0.2, 0.25) is 0 Å². The van der Waals surface area contributed by atoms with E-state index in [1.54, 1.807) is 0 Å². The number of imidazole rings is 1. The molecule has 108 valence electrons. The second kappa shape index (κ2) is 5.74. The van der Waals surface area contributed by atoms with Gasteiger partial charge in [0.15, 0.2) is 0 Å². The average Bonchev–Trinajstić information content (AvgIpc) is 2.80. The molecule has 3 nitrogen and oxygen atoms in total. The minimum atomic E-state index is 0.565. The highest BCUT2D eigenvalue weighted by atomic mass is 35.5. The van der Waals surface area contributed by atoms with Crippen molar-refractivity contribution in [2.75, 3.05) is 26.0 Å². The number of aromatic nitrogens is 2. The number of benzene rings is 1. The lowest BCUT2D eigenvalue weighted by atomic mass is 10.0. The van der Waals surface area contributed by atoms with Gasteiger partial charge in [-0.05, 0) is 51.5 Å². The molecule has 1 aromatic carbocycles. The van der Waals surface area contributed by atoms with Crippen LogP contribution in [0.1, 0.15) is 30.3 Å². The molecule has 4 heteroatoms. The van der Waals surface area contributed by atoms with Crippen molar-refractivity contribution in [2.24, 2.45) is 0 Å². The Bertz CT molecular complexity index is 597. The van der Waals surface area contributed by atoms with E-state index in [9.17, 15) is 0 Å². The second-order valence-electron chi connectivity index (χ2n) is 5.81. The molecule has 0 spiro atoms. The molecular weight excluding hydrogens is 270 g/mol. The minimum absolute atomic E-state index is 0.565. The third kappa shape index (κ3) is 2.45. The van der Waals surface area contributed by atoms with E-state index in [-0.39, 0.29) is 0 Å². The Morgan fingerprint density at radius 1 is 1.30 bits per heavy atom. The summed E-state index contributed by atoms with van der Waals surface area (Å²) in [4.78, 5) is 7.23. The number of hydrogen-bond donors (Lipinski definition) is 0. The maximum Gasteiger partial charge on any atom is 0.111 e. The van der Waals surface area contributed by atoms with Gasteiger partial charge in [-0.2, -0.15) is 0 Å². The Kier molecular flexibility index (Phi) is 3.99. The first-order valence-electron chi connectivity index (χ1n) is 7.41. The van der Waals surface area contributed by atoms with E-state index in [0.717, 1.165) is 30.9 Å². The molecule has 1 aliphatic rings. The lowest BCUT2D eigenvalue weighted by Crippen LogP contribution is -2.32. The predicted octanol–water partition coefficient (Wildman–Crippen LogP) is 3.39. The van der Waals surface area contributed by atoms with Crippen molar-refractivity contribution in [3.8, 4) is 0 Å². The van der Waals surface area contributed by atoms with Crippen LogP contribution in [0.15, 0.2) is 18.2 Å². The van der Waals surface area contributed by atoms with Gasteiger partial charge in [0.1, 0.15) is 5.82 Å². The predicted molar refractivity (Wildman–Crippen MR) is 84.7 cm³/mol. The van der Waals surface area contributed by atoms with Crippen LogP contribution in [-0.2, 0) is 6.42 Å². The monoisotopic (exact) mass is 291 g/mol. The second-order valence-corrected chi connectivity index (χ2v) is 6.19. The van der Waals surface area contributed by atoms with Crippen LogP contribution < -0.4 is 0 Å². The standard InChI is InChI=1S/C16H22ClN3/c1-12-4-3-5-14-16(12)20(15(18-14)6-9-17)13-7-10-19(2)11-8-13/h3-5,13H,6-11H2,1-2H3. The number of para-hydroxylation sites is 1. The Labute approximate surface area is 125 Å². The Morgan fingerprint density at radius 2 is 2.05 bits per heavy atom. The van der Waals surface area contributed by atoms with Crippen molar-refractivity contribution >= 4 is 22.6 Å². The zero-order valence-electron chi connectivity index (χ0n) is 12.3. The first kappa shape index (κ1) is 13.9. The normalized spacial score (nSPS) is 17.9. The molecule has 0 bridgehead atoms. The zero-order chi connectivity index (χ0) is 14.1. The van der Waals surface area contributed by atoms with Crippen molar-refractivity contribution in [2.45, 2.75) is 32.2 Å². The van der Waals surface area contributed by atoms with Crippen molar-refractivity contribution in [3.63, 3.8) is 0 Å². The largest absolute Gasteiger partial charge is 0.325 e. The van der Waals surface area contributed by atoms with Crippen LogP contribution >= 0.6 is 11.6 Å². The van der Waals surface area contributed by atoms with Crippen LogP contribution in [0.25, 0.3) is 11.0 Å². The van der Waals surface area contributed by atoms with E-state index >= 15 is 0 Å². The van der Waals surface area contributed by atoms with Gasteiger partial charge < -0.3 is 9.47 Å². The fourth-order valence-electron chi connectivity index (χ4n) is 3.28. The van der Waals surface area contributed by atoms with Gasteiger partial charge in [0.25, 0.3) is 0 Å². The molecule has 2 heterocycles. The van der Waals surface area contributed by atoms with Gasteiger partial charge in [0.05, 0.1) is 11.0 Å². The number of hydrogen-bond acceptors (Lipinski definition) is 2. The van der Waals surface area contributed by atoms with Gasteiger partial charge in [-0.15, -0.1) is 11.6 Å². The van der Waals surface area contributed by atoms with Crippen LogP contribution in [0.4, 0.5) is 0 Å². The highest BCUT2D eigenvalue weighted by molar-refractivity contribution is 6.17. The summed E-state index contributed by atoms with van der Waals surface area (Å²) in [5.74, 6) is 1.79. The summed E-state index contributed by atoms with van der Waals surface area (Å²) in [5, 5.41) is 0. The van der Waals surface area contributed by atoms with Crippen molar-refractivity contribution in [3.05, 3.63) is 29.6 Å². The molecule has 0 N–H and O–H groups in total. The zero-order valence-corrected chi connectivity index (χ0v) is 13.0. The van der Waals surface area contributed by atoms with E-state index in [2.05, 4.69) is 41.6 Å². The summed E-state index contributed by atoms with van der Waals surface area (Å²) in [6, 6.07) is 6.95. The summed E-state index contributed by atoms with van der Waals surface area (Å²) in [6.07, 6.45) is 3.25. The van der Waals surface area contributed by atoms with E-state index in [1.165, 1.54) is 23.9 Å². The smallest absolute Gasteiger partial charge is 0.111 e. The van der Waals surface area contributed by atoms with Gasteiger partial charge in [0, 0.05) is 18.3 Å². The molecule has 0 amide bonds. The molecule has 0 atom stereocenters. The lowest BCUT2D eigenvalue weighted by molar-refractivity contribution is 0.221. The number of rotatable bonds is 3. The van der Waals surface area contributed by atoms with Gasteiger partial charge in [-0.25, -0.2) is 4.98 Å². The van der Waals surface area contributed by atoms with Crippen molar-refractivity contribution in [1.29, 1.82) is 0 Å². The third-order valence-corrected chi connectivity index (χ3v) is 4.55. The molecule has 3 rings (SSSR count). The fourth-order valence-corrected chi connectivity index (χ4v) is 3.45. The number of halogens is 1. The number of nitrogens with zero attached hydrogens (tertiary/aromatic N) is 3. The van der Waals surface area contributed by atoms with Crippen LogP contribution in [0.2, 0.25) is 0 Å². The molecule has 1 aliphatic heterocycles. The van der Waals surface area contributed by atoms with Gasteiger partial charge in [-0.1, -0.05) is 12.1 Å². The Morgan fingerprint density at radius 3 is 2.75 bits per heavy atom. The van der Waals surface area contributed by atoms with E-state index in [0.29, 0.717) is 11.9 Å². The molecular formula is C16H22ClN3. The lowest BCUT2D eigenvalue weighted by Gasteiger charge is -2.31. The SMILES string of the molecule is Cc1cccc2nc(CCCl)n(C3CCN(C)CC3)c12. The molecule has 2 aromatic rings. The fraction of sp³-hybridized carbons (Fsp3) is 0.562. The molecule has 0 saturated carbocycles. The van der Waals surface area contributed by atoms with E-state index < -0.39 is 0 Å². The number of fused-ring (bicyclic) bond motifs is 1. The first-order valence-corrected chi connectivity index (χ1v) is 7.95. The average molecular weight is 292 g/mol. The first-order chi connectivity index (χ1) is 9.70. The Balaban J connectivity index is 2.08. The number of alkyl halides is 1. The van der Waals surface area contributed by atoms with Crippen LogP contribution in [0, 0.1) is 6.92 Å². The molecule has 0 aliphatic carbocycles. The quantitative estimate of drug-likeness (QED) is 0.808. The van der Waals surface area contributed by atoms with Gasteiger partial charge >= 0.3 is 0 Å². The molecule has 1 fully saturated rings. The van der Waals surface area contributed by atoms with E-state index in [1.807, 2.05) is 0 Å². The van der Waals surface area contributed by atoms with Crippen LogP contribution in [0.5, 0.6) is 0 Å². The maximum absolute atomic E-state index is 5.98. The van der Waals surface area contributed by atoms with Crippen molar-refractivity contribution in [1.82, 2.24) is 14.5 Å². The van der Waals surface area contributed by atoms with Crippen LogP contribution in [-0.4, -0.2) is 40.5 Å². The molecule has 0 radical (unpaired) electrons. The summed E-state index contributed by atoms with van der Waals surface area (Å²) < 4.78 is 2.47. The Hall–Kier alpha value is -1.06.